The molecule has 0 radical (unpaired) electrons. The number of rotatable bonds is 6. The molecule has 0 saturated heterocycles. The van der Waals surface area contributed by atoms with Crippen molar-refractivity contribution in [1.29, 1.82) is 5.26 Å². The first kappa shape index (κ1) is 18.6. The van der Waals surface area contributed by atoms with Gasteiger partial charge >= 0.3 is 5.97 Å². The molecule has 0 aliphatic rings. The third-order valence-electron chi connectivity index (χ3n) is 3.98. The minimum atomic E-state index is -0.578. The van der Waals surface area contributed by atoms with Crippen LogP contribution in [-0.4, -0.2) is 38.4 Å². The molecule has 29 heavy (non-hydrogen) atoms. The average Bonchev–Trinajstić information content (AvgIpc) is 3.34. The molecule has 0 fully saturated rings. The Labute approximate surface area is 168 Å². The number of aliphatic hydroxyl groups excluding tert-OH is 1. The number of nitrogens with one attached hydrogen (secondary N) is 1. The number of oxazole rings is 1. The lowest BCUT2D eigenvalue weighted by molar-refractivity contribution is -0.140. The molecular weight excluding hydrogens is 392 g/mol. The first-order valence-corrected chi connectivity index (χ1v) is 9.54. The molecule has 0 saturated carbocycles. The third-order valence-corrected chi connectivity index (χ3v) is 4.79. The molecule has 4 aromatic rings. The fourth-order valence-corrected chi connectivity index (χ4v) is 3.26. The van der Waals surface area contributed by atoms with Crippen LogP contribution in [0.1, 0.15) is 5.82 Å². The maximum Gasteiger partial charge on any atom is 0.316 e. The number of carbonyl (C=O) groups is 1. The number of aromatic amines is 1. The summed E-state index contributed by atoms with van der Waals surface area (Å²) in [6, 6.07) is 16.4. The van der Waals surface area contributed by atoms with Gasteiger partial charge in [0.1, 0.15) is 29.5 Å². The molecule has 9 heteroatoms. The smallest absolute Gasteiger partial charge is 0.316 e. The Morgan fingerprint density at radius 2 is 1.93 bits per heavy atom. The Morgan fingerprint density at radius 3 is 2.69 bits per heavy atom. The number of ether oxygens (including phenoxy) is 1. The van der Waals surface area contributed by atoms with Crippen LogP contribution in [-0.2, 0) is 9.53 Å². The summed E-state index contributed by atoms with van der Waals surface area (Å²) >= 11 is 1.09. The molecule has 0 aliphatic heterocycles. The molecule has 4 rings (SSSR count). The van der Waals surface area contributed by atoms with E-state index >= 15 is 0 Å². The molecule has 2 aromatic heterocycles. The molecule has 0 aliphatic carbocycles. The van der Waals surface area contributed by atoms with E-state index in [1.54, 1.807) is 18.2 Å². The summed E-state index contributed by atoms with van der Waals surface area (Å²) in [6.45, 7) is -0.438. The van der Waals surface area contributed by atoms with E-state index in [-0.39, 0.29) is 22.9 Å². The lowest BCUT2D eigenvalue weighted by Gasteiger charge is -2.04. The van der Waals surface area contributed by atoms with Gasteiger partial charge in [-0.3, -0.25) is 4.79 Å². The minimum Gasteiger partial charge on any atom is -0.507 e. The highest BCUT2D eigenvalue weighted by molar-refractivity contribution is 7.99. The number of carbonyl (C=O) groups excluding carboxylic acids is 1. The summed E-state index contributed by atoms with van der Waals surface area (Å²) in [7, 11) is 0. The number of esters is 1. The number of para-hydroxylation sites is 4. The summed E-state index contributed by atoms with van der Waals surface area (Å²) in [5.41, 5.74) is 2.65. The molecule has 0 atom stereocenters. The van der Waals surface area contributed by atoms with Gasteiger partial charge in [0.25, 0.3) is 5.22 Å². The van der Waals surface area contributed by atoms with Crippen LogP contribution < -0.4 is 0 Å². The predicted molar refractivity (Wildman–Crippen MR) is 107 cm³/mol. The number of allylic oxidation sites excluding steroid dienone is 1. The highest BCUT2D eigenvalue weighted by Crippen LogP contribution is 2.23. The van der Waals surface area contributed by atoms with E-state index in [1.165, 1.54) is 0 Å². The number of fused-ring (bicyclic) bond motifs is 2. The SMILES string of the molecule is N#CC(=C(O)COC(=O)CSc1nc2ccccc2o1)c1nc2ccccc2[nH]1. The Balaban J connectivity index is 1.38. The molecule has 2 N–H and O–H groups in total. The van der Waals surface area contributed by atoms with E-state index in [0.29, 0.717) is 21.8 Å². The maximum absolute atomic E-state index is 12.0. The molecule has 2 heterocycles. The van der Waals surface area contributed by atoms with Crippen LogP contribution in [0.2, 0.25) is 0 Å². The van der Waals surface area contributed by atoms with Crippen LogP contribution in [0.5, 0.6) is 0 Å². The van der Waals surface area contributed by atoms with Crippen molar-refractivity contribution in [3.05, 3.63) is 60.1 Å². The van der Waals surface area contributed by atoms with Gasteiger partial charge in [0.15, 0.2) is 17.2 Å². The van der Waals surface area contributed by atoms with E-state index < -0.39 is 12.6 Å². The van der Waals surface area contributed by atoms with Gasteiger partial charge in [-0.1, -0.05) is 36.0 Å². The Morgan fingerprint density at radius 1 is 1.17 bits per heavy atom. The van der Waals surface area contributed by atoms with E-state index in [4.69, 9.17) is 9.15 Å². The molecule has 8 nitrogen and oxygen atoms in total. The molecule has 0 bridgehead atoms. The van der Waals surface area contributed by atoms with E-state index in [0.717, 1.165) is 17.3 Å². The zero-order chi connectivity index (χ0) is 20.2. The molecule has 0 spiro atoms. The Bertz CT molecular complexity index is 1200. The summed E-state index contributed by atoms with van der Waals surface area (Å²) in [4.78, 5) is 23.5. The fourth-order valence-electron chi connectivity index (χ4n) is 2.62. The summed E-state index contributed by atoms with van der Waals surface area (Å²) in [6.07, 6.45) is 0. The highest BCUT2D eigenvalue weighted by Gasteiger charge is 2.16. The van der Waals surface area contributed by atoms with Gasteiger partial charge < -0.3 is 19.2 Å². The second kappa shape index (κ2) is 8.08. The van der Waals surface area contributed by atoms with E-state index in [2.05, 4.69) is 15.0 Å². The van der Waals surface area contributed by atoms with Crippen molar-refractivity contribution in [2.45, 2.75) is 5.22 Å². The number of thioether (sulfide) groups is 1. The number of imidazole rings is 1. The highest BCUT2D eigenvalue weighted by atomic mass is 32.2. The van der Waals surface area contributed by atoms with Crippen molar-refractivity contribution in [3.63, 3.8) is 0 Å². The lowest BCUT2D eigenvalue weighted by Crippen LogP contribution is -2.11. The van der Waals surface area contributed by atoms with Gasteiger partial charge in [-0.05, 0) is 24.3 Å². The van der Waals surface area contributed by atoms with Gasteiger partial charge in [0.05, 0.1) is 11.0 Å². The normalized spacial score (nSPS) is 12.0. The lowest BCUT2D eigenvalue weighted by atomic mass is 10.2. The van der Waals surface area contributed by atoms with Crippen LogP contribution in [0.3, 0.4) is 0 Å². The number of benzene rings is 2. The number of aromatic nitrogens is 3. The van der Waals surface area contributed by atoms with Crippen molar-refractivity contribution < 1.29 is 19.1 Å². The van der Waals surface area contributed by atoms with Crippen molar-refractivity contribution in [1.82, 2.24) is 15.0 Å². The largest absolute Gasteiger partial charge is 0.507 e. The summed E-state index contributed by atoms with van der Waals surface area (Å²) in [5, 5.41) is 19.9. The molecule has 144 valence electrons. The summed E-state index contributed by atoms with van der Waals surface area (Å²) in [5.74, 6) is -0.798. The number of H-pyrrole nitrogens is 1. The van der Waals surface area contributed by atoms with Gasteiger partial charge in [-0.25, -0.2) is 9.97 Å². The standard InChI is InChI=1S/C20H14N4O4S/c21-9-12(19-22-13-5-1-2-6-14(13)23-19)16(25)10-27-18(26)11-29-20-24-15-7-3-4-8-17(15)28-20/h1-8,25H,10-11H2,(H,22,23). The molecule has 2 aromatic carbocycles. The number of hydrogen-bond donors (Lipinski definition) is 2. The monoisotopic (exact) mass is 406 g/mol. The first-order valence-electron chi connectivity index (χ1n) is 8.55. The predicted octanol–water partition coefficient (Wildman–Crippen LogP) is 3.83. The number of nitriles is 1. The second-order valence-electron chi connectivity index (χ2n) is 5.93. The van der Waals surface area contributed by atoms with Crippen molar-refractivity contribution in [2.24, 2.45) is 0 Å². The van der Waals surface area contributed by atoms with Crippen molar-refractivity contribution in [3.8, 4) is 6.07 Å². The van der Waals surface area contributed by atoms with Crippen LogP contribution in [0.15, 0.2) is 63.9 Å². The minimum absolute atomic E-state index is 0.0490. The van der Waals surface area contributed by atoms with E-state index in [1.807, 2.05) is 36.4 Å². The number of nitrogens with zero attached hydrogens (tertiary/aromatic N) is 3. The topological polar surface area (TPSA) is 125 Å². The maximum atomic E-state index is 12.0. The van der Waals surface area contributed by atoms with Gasteiger partial charge in [0.2, 0.25) is 0 Å². The van der Waals surface area contributed by atoms with Crippen molar-refractivity contribution >= 4 is 45.4 Å². The molecular formula is C20H14N4O4S. The van der Waals surface area contributed by atoms with Crippen LogP contribution in [0, 0.1) is 11.3 Å². The van der Waals surface area contributed by atoms with Gasteiger partial charge in [-0.2, -0.15) is 5.26 Å². The van der Waals surface area contributed by atoms with Gasteiger partial charge in [0, 0.05) is 0 Å². The first-order chi connectivity index (χ1) is 14.1. The Kier molecular flexibility index (Phi) is 5.18. The zero-order valence-corrected chi connectivity index (χ0v) is 15.8. The average molecular weight is 406 g/mol. The number of hydrogen-bond acceptors (Lipinski definition) is 8. The van der Waals surface area contributed by atoms with Gasteiger partial charge in [-0.15, -0.1) is 0 Å². The number of aliphatic hydroxyl groups is 1. The van der Waals surface area contributed by atoms with Crippen LogP contribution >= 0.6 is 11.8 Å². The second-order valence-corrected chi connectivity index (χ2v) is 6.86. The van der Waals surface area contributed by atoms with Crippen LogP contribution in [0.4, 0.5) is 0 Å². The molecule has 0 amide bonds. The quantitative estimate of drug-likeness (QED) is 0.214. The summed E-state index contributed by atoms with van der Waals surface area (Å²) < 4.78 is 10.6. The van der Waals surface area contributed by atoms with E-state index in [9.17, 15) is 15.2 Å². The fraction of sp³-hybridized carbons (Fsp3) is 0.100. The molecule has 0 unspecified atom stereocenters. The van der Waals surface area contributed by atoms with Crippen molar-refractivity contribution in [2.75, 3.05) is 12.4 Å². The zero-order valence-electron chi connectivity index (χ0n) is 15.0. The Hall–Kier alpha value is -3.77. The third kappa shape index (κ3) is 4.07. The van der Waals surface area contributed by atoms with Crippen LogP contribution in [0.25, 0.3) is 27.7 Å².